The van der Waals surface area contributed by atoms with Crippen molar-refractivity contribution in [1.29, 1.82) is 0 Å². The third-order valence-corrected chi connectivity index (χ3v) is 3.68. The minimum absolute atomic E-state index is 0.235. The molecule has 0 spiro atoms. The third kappa shape index (κ3) is 2.84. The van der Waals surface area contributed by atoms with E-state index in [-0.39, 0.29) is 5.69 Å². The number of hydrogen-bond donors (Lipinski definition) is 1. The number of hydrogen-bond acceptors (Lipinski definition) is 6. The predicted molar refractivity (Wildman–Crippen MR) is 70.0 cm³/mol. The molecule has 1 aliphatic carbocycles. The maximum Gasteiger partial charge on any atom is 0.358 e. The monoisotopic (exact) mass is 262 g/mol. The van der Waals surface area contributed by atoms with Crippen molar-refractivity contribution >= 4 is 11.8 Å². The molecular formula is C13H18N4O2. The van der Waals surface area contributed by atoms with E-state index in [0.29, 0.717) is 6.04 Å². The molecule has 2 aliphatic rings. The number of methoxy groups -OCH3 is 1. The lowest BCUT2D eigenvalue weighted by Crippen LogP contribution is -2.28. The number of nitrogens with one attached hydrogen (secondary N) is 1. The van der Waals surface area contributed by atoms with Gasteiger partial charge in [-0.05, 0) is 19.3 Å². The summed E-state index contributed by atoms with van der Waals surface area (Å²) in [5.74, 6) is 0.259. The van der Waals surface area contributed by atoms with Crippen LogP contribution in [0.2, 0.25) is 0 Å². The number of likely N-dealkylation sites (tertiary alicyclic amines) is 1. The first kappa shape index (κ1) is 12.3. The zero-order valence-electron chi connectivity index (χ0n) is 11.0. The smallest absolute Gasteiger partial charge is 0.358 e. The molecule has 1 aromatic rings. The summed E-state index contributed by atoms with van der Waals surface area (Å²) >= 11 is 0. The Morgan fingerprint density at radius 1 is 1.37 bits per heavy atom. The molecule has 19 heavy (non-hydrogen) atoms. The number of aromatic nitrogens is 2. The van der Waals surface area contributed by atoms with Crippen LogP contribution in [0.4, 0.5) is 5.82 Å². The molecule has 1 aliphatic heterocycles. The van der Waals surface area contributed by atoms with Crippen molar-refractivity contribution in [3.8, 4) is 0 Å². The van der Waals surface area contributed by atoms with Crippen molar-refractivity contribution in [2.24, 2.45) is 0 Å². The number of carbonyl (C=O) groups is 1. The molecule has 1 atom stereocenters. The van der Waals surface area contributed by atoms with Crippen molar-refractivity contribution in [3.63, 3.8) is 0 Å². The zero-order valence-corrected chi connectivity index (χ0v) is 11.0. The highest BCUT2D eigenvalue weighted by Crippen LogP contribution is 2.30. The molecule has 1 saturated carbocycles. The van der Waals surface area contributed by atoms with E-state index in [4.69, 9.17) is 0 Å². The van der Waals surface area contributed by atoms with Gasteiger partial charge in [-0.3, -0.25) is 4.90 Å². The fourth-order valence-corrected chi connectivity index (χ4v) is 2.50. The molecule has 6 heteroatoms. The van der Waals surface area contributed by atoms with Crippen LogP contribution in [0.3, 0.4) is 0 Å². The van der Waals surface area contributed by atoms with Gasteiger partial charge in [-0.2, -0.15) is 0 Å². The van der Waals surface area contributed by atoms with Crippen molar-refractivity contribution in [2.75, 3.05) is 25.5 Å². The molecule has 102 valence electrons. The molecule has 1 saturated heterocycles. The van der Waals surface area contributed by atoms with E-state index in [1.165, 1.54) is 26.1 Å². The lowest BCUT2D eigenvalue weighted by atomic mass is 10.2. The summed E-state index contributed by atoms with van der Waals surface area (Å²) in [6.07, 6.45) is 6.87. The van der Waals surface area contributed by atoms with Gasteiger partial charge in [0.25, 0.3) is 0 Å². The molecule has 0 amide bonds. The van der Waals surface area contributed by atoms with Gasteiger partial charge in [-0.1, -0.05) is 0 Å². The van der Waals surface area contributed by atoms with E-state index in [0.717, 1.165) is 31.4 Å². The standard InChI is InChI=1S/C13H18N4O2/c1-19-13(18)11-6-15-12(7-14-11)16-9-4-5-17(8-9)10-2-3-10/h6-7,9-10H,2-5,8H2,1H3,(H,15,16). The molecule has 1 aromatic heterocycles. The fraction of sp³-hybridized carbons (Fsp3) is 0.615. The van der Waals surface area contributed by atoms with Gasteiger partial charge in [0.2, 0.25) is 0 Å². The van der Waals surface area contributed by atoms with E-state index in [1.807, 2.05) is 0 Å². The van der Waals surface area contributed by atoms with Crippen LogP contribution in [-0.4, -0.2) is 53.1 Å². The second-order valence-electron chi connectivity index (χ2n) is 5.13. The first-order valence-corrected chi connectivity index (χ1v) is 6.67. The predicted octanol–water partition coefficient (Wildman–Crippen LogP) is 0.912. The Morgan fingerprint density at radius 2 is 2.21 bits per heavy atom. The summed E-state index contributed by atoms with van der Waals surface area (Å²) in [4.78, 5) is 22.0. The SMILES string of the molecule is COC(=O)c1cnc(NC2CCN(C3CC3)C2)cn1. The van der Waals surface area contributed by atoms with Crippen LogP contribution in [0.15, 0.2) is 12.4 Å². The van der Waals surface area contributed by atoms with Crippen LogP contribution in [0, 0.1) is 0 Å². The average molecular weight is 262 g/mol. The maximum absolute atomic E-state index is 11.2. The minimum Gasteiger partial charge on any atom is -0.464 e. The molecule has 0 radical (unpaired) electrons. The number of nitrogens with zero attached hydrogens (tertiary/aromatic N) is 3. The van der Waals surface area contributed by atoms with E-state index in [2.05, 4.69) is 24.9 Å². The van der Waals surface area contributed by atoms with Gasteiger partial charge >= 0.3 is 5.97 Å². The van der Waals surface area contributed by atoms with Crippen LogP contribution >= 0.6 is 0 Å². The first-order valence-electron chi connectivity index (χ1n) is 6.67. The summed E-state index contributed by atoms with van der Waals surface area (Å²) in [5, 5.41) is 3.37. The molecular weight excluding hydrogens is 244 g/mol. The molecule has 2 heterocycles. The fourth-order valence-electron chi connectivity index (χ4n) is 2.50. The second kappa shape index (κ2) is 5.13. The van der Waals surface area contributed by atoms with Gasteiger partial charge in [0.05, 0.1) is 19.5 Å². The third-order valence-electron chi connectivity index (χ3n) is 3.68. The van der Waals surface area contributed by atoms with Gasteiger partial charge in [0, 0.05) is 25.2 Å². The summed E-state index contributed by atoms with van der Waals surface area (Å²) < 4.78 is 4.59. The highest BCUT2D eigenvalue weighted by Gasteiger charge is 2.34. The summed E-state index contributed by atoms with van der Waals surface area (Å²) in [5.41, 5.74) is 0.235. The van der Waals surface area contributed by atoms with Gasteiger partial charge in [-0.15, -0.1) is 0 Å². The topological polar surface area (TPSA) is 67.3 Å². The van der Waals surface area contributed by atoms with Crippen molar-refractivity contribution in [1.82, 2.24) is 14.9 Å². The van der Waals surface area contributed by atoms with E-state index in [9.17, 15) is 4.79 Å². The largest absolute Gasteiger partial charge is 0.464 e. The highest BCUT2D eigenvalue weighted by molar-refractivity contribution is 5.86. The number of rotatable bonds is 4. The van der Waals surface area contributed by atoms with Crippen LogP contribution in [0.5, 0.6) is 0 Å². The van der Waals surface area contributed by atoms with Crippen molar-refractivity contribution in [3.05, 3.63) is 18.1 Å². The van der Waals surface area contributed by atoms with Gasteiger partial charge in [-0.25, -0.2) is 14.8 Å². The summed E-state index contributed by atoms with van der Waals surface area (Å²) in [6.45, 7) is 2.24. The van der Waals surface area contributed by atoms with E-state index in [1.54, 1.807) is 6.20 Å². The number of carbonyl (C=O) groups excluding carboxylic acids is 1. The Kier molecular flexibility index (Phi) is 3.33. The zero-order chi connectivity index (χ0) is 13.2. The van der Waals surface area contributed by atoms with Gasteiger partial charge in [0.1, 0.15) is 5.82 Å². The molecule has 2 fully saturated rings. The lowest BCUT2D eigenvalue weighted by Gasteiger charge is -2.15. The Labute approximate surface area is 112 Å². The minimum atomic E-state index is -0.458. The van der Waals surface area contributed by atoms with Gasteiger partial charge in [0.15, 0.2) is 5.69 Å². The van der Waals surface area contributed by atoms with E-state index < -0.39 is 5.97 Å². The molecule has 0 bridgehead atoms. The molecule has 0 aromatic carbocycles. The first-order chi connectivity index (χ1) is 9.26. The molecule has 3 rings (SSSR count). The Balaban J connectivity index is 1.56. The van der Waals surface area contributed by atoms with Crippen LogP contribution in [0.25, 0.3) is 0 Å². The second-order valence-corrected chi connectivity index (χ2v) is 5.13. The molecule has 1 unspecified atom stereocenters. The lowest BCUT2D eigenvalue weighted by molar-refractivity contribution is 0.0593. The van der Waals surface area contributed by atoms with Crippen LogP contribution in [-0.2, 0) is 4.74 Å². The summed E-state index contributed by atoms with van der Waals surface area (Å²) in [6, 6.07) is 1.25. The number of anilines is 1. The quantitative estimate of drug-likeness (QED) is 0.814. The van der Waals surface area contributed by atoms with Crippen molar-refractivity contribution < 1.29 is 9.53 Å². The van der Waals surface area contributed by atoms with Crippen LogP contribution < -0.4 is 5.32 Å². The Morgan fingerprint density at radius 3 is 2.84 bits per heavy atom. The molecule has 1 N–H and O–H groups in total. The number of ether oxygens (including phenoxy) is 1. The Bertz CT molecular complexity index is 458. The average Bonchev–Trinajstić information content (AvgIpc) is 3.20. The maximum atomic E-state index is 11.2. The van der Waals surface area contributed by atoms with Crippen LogP contribution in [0.1, 0.15) is 29.8 Å². The molecule has 6 nitrogen and oxygen atoms in total. The normalized spacial score (nSPS) is 23.3. The Hall–Kier alpha value is -1.69. The van der Waals surface area contributed by atoms with Crippen molar-refractivity contribution in [2.45, 2.75) is 31.3 Å². The van der Waals surface area contributed by atoms with E-state index >= 15 is 0 Å². The summed E-state index contributed by atoms with van der Waals surface area (Å²) in [7, 11) is 1.33. The van der Waals surface area contributed by atoms with Gasteiger partial charge < -0.3 is 10.1 Å². The highest BCUT2D eigenvalue weighted by atomic mass is 16.5. The number of esters is 1.